The van der Waals surface area contributed by atoms with Crippen LogP contribution in [-0.4, -0.2) is 15.9 Å². The molecule has 1 aromatic heterocycles. The minimum absolute atomic E-state index is 0.179. The molecule has 3 rings (SSSR count). The third-order valence-corrected chi connectivity index (χ3v) is 3.29. The summed E-state index contributed by atoms with van der Waals surface area (Å²) in [4.78, 5) is 19.5. The van der Waals surface area contributed by atoms with E-state index in [1.165, 1.54) is 6.20 Å². The molecule has 0 N–H and O–H groups in total. The highest BCUT2D eigenvalue weighted by atomic mass is 35.5. The van der Waals surface area contributed by atoms with Crippen LogP contribution in [0, 0.1) is 0 Å². The van der Waals surface area contributed by atoms with Gasteiger partial charge in [-0.2, -0.15) is 0 Å². The number of hydrogen-bond acceptors (Lipinski definition) is 4. The van der Waals surface area contributed by atoms with E-state index in [1.807, 2.05) is 0 Å². The molecular weight excluding hydrogens is 216 g/mol. The lowest BCUT2D eigenvalue weighted by molar-refractivity contribution is -0.00636. The van der Waals surface area contributed by atoms with E-state index < -0.39 is 5.60 Å². The van der Waals surface area contributed by atoms with E-state index in [1.54, 1.807) is 0 Å². The number of esters is 1. The van der Waals surface area contributed by atoms with Crippen molar-refractivity contribution in [1.82, 2.24) is 9.97 Å². The molecule has 0 amide bonds. The summed E-state index contributed by atoms with van der Waals surface area (Å²) in [5.41, 5.74) is 0.658. The van der Waals surface area contributed by atoms with Crippen LogP contribution in [-0.2, 0) is 10.3 Å². The lowest BCUT2D eigenvalue weighted by Gasteiger charge is -2.21. The zero-order valence-electron chi connectivity index (χ0n) is 7.99. The first kappa shape index (κ1) is 9.09. The van der Waals surface area contributed by atoms with Crippen molar-refractivity contribution in [3.8, 4) is 0 Å². The van der Waals surface area contributed by atoms with Gasteiger partial charge in [0, 0.05) is 6.20 Å². The largest absolute Gasteiger partial charge is 0.449 e. The number of fused-ring (bicyclic) bond motifs is 2. The van der Waals surface area contributed by atoms with Gasteiger partial charge >= 0.3 is 5.97 Å². The molecule has 4 nitrogen and oxygen atoms in total. The van der Waals surface area contributed by atoms with Crippen molar-refractivity contribution in [3.63, 3.8) is 0 Å². The fourth-order valence-electron chi connectivity index (χ4n) is 2.42. The van der Waals surface area contributed by atoms with Crippen molar-refractivity contribution < 1.29 is 9.53 Å². The van der Waals surface area contributed by atoms with Crippen molar-refractivity contribution in [2.75, 3.05) is 0 Å². The standard InChI is InChI=1S/C10H9ClN2O2/c11-9-12-5-6-7(13-9)10(15-8(6)14)3-1-2-4-10/h5H,1-4H2. The van der Waals surface area contributed by atoms with E-state index >= 15 is 0 Å². The maximum absolute atomic E-state index is 11.6. The van der Waals surface area contributed by atoms with Gasteiger partial charge in [0.2, 0.25) is 5.28 Å². The number of halogens is 1. The van der Waals surface area contributed by atoms with Crippen LogP contribution in [0.2, 0.25) is 5.28 Å². The molecule has 1 saturated carbocycles. The molecule has 78 valence electrons. The summed E-state index contributed by atoms with van der Waals surface area (Å²) in [7, 11) is 0. The number of rotatable bonds is 0. The van der Waals surface area contributed by atoms with Gasteiger partial charge in [-0.1, -0.05) is 0 Å². The summed E-state index contributed by atoms with van der Waals surface area (Å²) in [5, 5.41) is 0.179. The molecule has 1 spiro atoms. The third kappa shape index (κ3) is 1.17. The van der Waals surface area contributed by atoms with E-state index in [2.05, 4.69) is 9.97 Å². The molecule has 2 aliphatic rings. The summed E-state index contributed by atoms with van der Waals surface area (Å²) >= 11 is 5.74. The third-order valence-electron chi connectivity index (χ3n) is 3.11. The van der Waals surface area contributed by atoms with Crippen LogP contribution in [0.15, 0.2) is 6.20 Å². The second-order valence-corrected chi connectivity index (χ2v) is 4.33. The molecule has 5 heteroatoms. The van der Waals surface area contributed by atoms with E-state index in [0.717, 1.165) is 25.7 Å². The molecule has 0 unspecified atom stereocenters. The smallest absolute Gasteiger partial charge is 0.342 e. The normalized spacial score (nSPS) is 21.8. The second kappa shape index (κ2) is 2.92. The molecule has 0 aromatic carbocycles. The minimum atomic E-state index is -0.501. The zero-order valence-corrected chi connectivity index (χ0v) is 8.75. The number of carbonyl (C=O) groups is 1. The van der Waals surface area contributed by atoms with Crippen LogP contribution in [0.3, 0.4) is 0 Å². The van der Waals surface area contributed by atoms with Crippen LogP contribution in [0.25, 0.3) is 0 Å². The zero-order chi connectivity index (χ0) is 10.5. The first-order valence-electron chi connectivity index (χ1n) is 4.98. The molecule has 15 heavy (non-hydrogen) atoms. The van der Waals surface area contributed by atoms with Crippen molar-refractivity contribution in [2.45, 2.75) is 31.3 Å². The number of aromatic nitrogens is 2. The monoisotopic (exact) mass is 224 g/mol. The molecule has 1 aromatic rings. The second-order valence-electron chi connectivity index (χ2n) is 3.99. The molecule has 0 saturated heterocycles. The summed E-state index contributed by atoms with van der Waals surface area (Å²) < 4.78 is 5.44. The van der Waals surface area contributed by atoms with Gasteiger partial charge in [0.25, 0.3) is 0 Å². The Morgan fingerprint density at radius 2 is 2.13 bits per heavy atom. The summed E-state index contributed by atoms with van der Waals surface area (Å²) in [6.45, 7) is 0. The lowest BCUT2D eigenvalue weighted by Crippen LogP contribution is -2.22. The summed E-state index contributed by atoms with van der Waals surface area (Å²) in [6, 6.07) is 0. The van der Waals surface area contributed by atoms with Crippen LogP contribution in [0.4, 0.5) is 0 Å². The average molecular weight is 225 g/mol. The molecule has 0 radical (unpaired) electrons. The Hall–Kier alpha value is -1.16. The van der Waals surface area contributed by atoms with Crippen molar-refractivity contribution >= 4 is 17.6 Å². The highest BCUT2D eigenvalue weighted by Crippen LogP contribution is 2.47. The van der Waals surface area contributed by atoms with Gasteiger partial charge in [0.05, 0.1) is 0 Å². The molecule has 1 aliphatic carbocycles. The van der Waals surface area contributed by atoms with Gasteiger partial charge in [-0.15, -0.1) is 0 Å². The van der Waals surface area contributed by atoms with E-state index in [4.69, 9.17) is 16.3 Å². The van der Waals surface area contributed by atoms with Gasteiger partial charge in [0.15, 0.2) is 5.60 Å². The lowest BCUT2D eigenvalue weighted by atomic mass is 9.97. The number of carbonyl (C=O) groups excluding carboxylic acids is 1. The van der Waals surface area contributed by atoms with Crippen molar-refractivity contribution in [2.24, 2.45) is 0 Å². The summed E-state index contributed by atoms with van der Waals surface area (Å²) in [5.74, 6) is -0.316. The number of nitrogens with zero attached hydrogens (tertiary/aromatic N) is 2. The van der Waals surface area contributed by atoms with E-state index in [9.17, 15) is 4.79 Å². The van der Waals surface area contributed by atoms with Gasteiger partial charge < -0.3 is 4.74 Å². The Morgan fingerprint density at radius 1 is 1.40 bits per heavy atom. The quantitative estimate of drug-likeness (QED) is 0.500. The Kier molecular flexibility index (Phi) is 1.77. The fraction of sp³-hybridized carbons (Fsp3) is 0.500. The Bertz CT molecular complexity index is 441. The molecule has 2 heterocycles. The van der Waals surface area contributed by atoms with Crippen LogP contribution < -0.4 is 0 Å². The molecule has 1 fully saturated rings. The van der Waals surface area contributed by atoms with Gasteiger partial charge in [-0.25, -0.2) is 14.8 Å². The fourth-order valence-corrected chi connectivity index (χ4v) is 2.56. The Balaban J connectivity index is 2.19. The Morgan fingerprint density at radius 3 is 2.87 bits per heavy atom. The van der Waals surface area contributed by atoms with Gasteiger partial charge in [-0.05, 0) is 37.3 Å². The molecule has 0 atom stereocenters. The van der Waals surface area contributed by atoms with Gasteiger partial charge in [0.1, 0.15) is 11.3 Å². The topological polar surface area (TPSA) is 52.1 Å². The van der Waals surface area contributed by atoms with E-state index in [0.29, 0.717) is 11.3 Å². The van der Waals surface area contributed by atoms with Crippen molar-refractivity contribution in [3.05, 3.63) is 22.7 Å². The van der Waals surface area contributed by atoms with E-state index in [-0.39, 0.29) is 11.3 Å². The molecule has 0 bridgehead atoms. The predicted molar refractivity (Wildman–Crippen MR) is 52.6 cm³/mol. The van der Waals surface area contributed by atoms with Crippen molar-refractivity contribution in [1.29, 1.82) is 0 Å². The average Bonchev–Trinajstić information content (AvgIpc) is 2.76. The minimum Gasteiger partial charge on any atom is -0.449 e. The highest BCUT2D eigenvalue weighted by Gasteiger charge is 2.49. The summed E-state index contributed by atoms with van der Waals surface area (Å²) in [6.07, 6.45) is 5.28. The SMILES string of the molecule is O=C1OC2(CCCC2)c2nc(Cl)ncc21. The first-order chi connectivity index (χ1) is 7.21. The number of ether oxygens (including phenoxy) is 1. The highest BCUT2D eigenvalue weighted by molar-refractivity contribution is 6.28. The maximum Gasteiger partial charge on any atom is 0.342 e. The van der Waals surface area contributed by atoms with Crippen LogP contribution in [0.5, 0.6) is 0 Å². The molecular formula is C10H9ClN2O2. The van der Waals surface area contributed by atoms with Crippen LogP contribution >= 0.6 is 11.6 Å². The first-order valence-corrected chi connectivity index (χ1v) is 5.35. The van der Waals surface area contributed by atoms with Crippen LogP contribution in [0.1, 0.15) is 41.7 Å². The Labute approximate surface area is 91.6 Å². The maximum atomic E-state index is 11.6. The molecule has 1 aliphatic heterocycles. The predicted octanol–water partition coefficient (Wildman–Crippen LogP) is 2.07. The number of hydrogen-bond donors (Lipinski definition) is 0. The van der Waals surface area contributed by atoms with Gasteiger partial charge in [-0.3, -0.25) is 0 Å².